The van der Waals surface area contributed by atoms with E-state index in [1.54, 1.807) is 0 Å². The van der Waals surface area contributed by atoms with Crippen LogP contribution in [0.4, 0.5) is 4.39 Å². The number of carbonyl (C=O) groups excluding carboxylic acids is 2. The van der Waals surface area contributed by atoms with Gasteiger partial charge < -0.3 is 25.8 Å². The minimum absolute atomic E-state index is 0.0481. The molecule has 1 fully saturated rings. The Morgan fingerprint density at radius 3 is 2.82 bits per heavy atom. The van der Waals surface area contributed by atoms with Crippen LogP contribution in [0.1, 0.15) is 25.7 Å². The highest BCUT2D eigenvalue weighted by atomic mass is 35.5. The van der Waals surface area contributed by atoms with Gasteiger partial charge in [0.25, 0.3) is 5.91 Å². The number of benzene rings is 1. The van der Waals surface area contributed by atoms with Crippen LogP contribution in [0.2, 0.25) is 5.02 Å². The molecule has 0 aliphatic carbocycles. The number of piperidine rings is 1. The van der Waals surface area contributed by atoms with Gasteiger partial charge in [-0.2, -0.15) is 0 Å². The Morgan fingerprint density at radius 1 is 1.36 bits per heavy atom. The molecule has 156 valence electrons. The average molecular weight is 436 g/mol. The van der Waals surface area contributed by atoms with Crippen LogP contribution in [0.25, 0.3) is 0 Å². The molecule has 0 bridgehead atoms. The first-order valence-corrected chi connectivity index (χ1v) is 9.84. The third-order valence-electron chi connectivity index (χ3n) is 4.24. The molecular weight excluding hydrogens is 412 g/mol. The van der Waals surface area contributed by atoms with Crippen molar-refractivity contribution in [1.82, 2.24) is 16.0 Å². The minimum Gasteiger partial charge on any atom is -0.484 e. The normalized spacial score (nSPS) is 20.3. The second-order valence-corrected chi connectivity index (χ2v) is 7.59. The fraction of sp³-hybridized carbons (Fsp3) is 0.556. The Labute approximate surface area is 172 Å². The highest BCUT2D eigenvalue weighted by Gasteiger charge is 2.19. The maximum absolute atomic E-state index is 13.3. The highest BCUT2D eigenvalue weighted by molar-refractivity contribution is 6.30. The van der Waals surface area contributed by atoms with E-state index in [1.165, 1.54) is 12.1 Å². The van der Waals surface area contributed by atoms with Crippen molar-refractivity contribution in [3.05, 3.63) is 29.0 Å². The van der Waals surface area contributed by atoms with Crippen LogP contribution >= 0.6 is 23.2 Å². The number of halogens is 3. The van der Waals surface area contributed by atoms with Crippen LogP contribution in [-0.4, -0.2) is 54.3 Å². The van der Waals surface area contributed by atoms with E-state index in [4.69, 9.17) is 27.9 Å². The van der Waals surface area contributed by atoms with Gasteiger partial charge in [0.2, 0.25) is 5.91 Å². The van der Waals surface area contributed by atoms with Gasteiger partial charge in [0.15, 0.2) is 6.61 Å². The molecule has 0 saturated carbocycles. The molecule has 1 aromatic rings. The molecule has 2 amide bonds. The van der Waals surface area contributed by atoms with Gasteiger partial charge in [-0.05, 0) is 25.0 Å². The van der Waals surface area contributed by atoms with Crippen LogP contribution in [-0.2, 0) is 9.59 Å². The second kappa shape index (κ2) is 11.4. The first-order valence-electron chi connectivity index (χ1n) is 9.03. The maximum atomic E-state index is 13.3. The van der Waals surface area contributed by atoms with E-state index >= 15 is 0 Å². The molecule has 1 heterocycles. The lowest BCUT2D eigenvalue weighted by Gasteiger charge is -2.26. The average Bonchev–Trinajstić information content (AvgIpc) is 2.67. The quantitative estimate of drug-likeness (QED) is 0.348. The summed E-state index contributed by atoms with van der Waals surface area (Å²) >= 11 is 11.6. The number of hydrogen-bond donors (Lipinski definition) is 4. The van der Waals surface area contributed by atoms with Crippen molar-refractivity contribution in [3.8, 4) is 5.75 Å². The van der Waals surface area contributed by atoms with Crippen molar-refractivity contribution in [2.24, 2.45) is 0 Å². The predicted octanol–water partition coefficient (Wildman–Crippen LogP) is 1.55. The molecule has 0 spiro atoms. The van der Waals surface area contributed by atoms with Crippen LogP contribution in [0.15, 0.2) is 18.2 Å². The zero-order valence-electron chi connectivity index (χ0n) is 15.2. The summed E-state index contributed by atoms with van der Waals surface area (Å²) < 4.78 is 18.4. The minimum atomic E-state index is -1.19. The lowest BCUT2D eigenvalue weighted by Crippen LogP contribution is -2.46. The van der Waals surface area contributed by atoms with E-state index in [1.807, 2.05) is 0 Å². The fourth-order valence-corrected chi connectivity index (χ4v) is 3.00. The van der Waals surface area contributed by atoms with E-state index in [2.05, 4.69) is 16.0 Å². The van der Waals surface area contributed by atoms with Gasteiger partial charge in [-0.3, -0.25) is 9.59 Å². The monoisotopic (exact) mass is 435 g/mol. The van der Waals surface area contributed by atoms with Gasteiger partial charge in [-0.25, -0.2) is 4.39 Å². The van der Waals surface area contributed by atoms with Gasteiger partial charge in [-0.1, -0.05) is 11.6 Å². The highest BCUT2D eigenvalue weighted by Crippen LogP contribution is 2.20. The van der Waals surface area contributed by atoms with Gasteiger partial charge in [0.05, 0.1) is 5.02 Å². The molecule has 0 aromatic heterocycles. The largest absolute Gasteiger partial charge is 0.484 e. The van der Waals surface area contributed by atoms with Gasteiger partial charge in [0, 0.05) is 43.4 Å². The topological polar surface area (TPSA) is 99.7 Å². The molecular formula is C18H24Cl2FN3O4. The molecule has 1 aliphatic heterocycles. The number of aliphatic hydroxyl groups is 1. The zero-order valence-corrected chi connectivity index (χ0v) is 16.7. The number of rotatable bonds is 9. The van der Waals surface area contributed by atoms with E-state index in [9.17, 15) is 19.1 Å². The second-order valence-electron chi connectivity index (χ2n) is 6.57. The summed E-state index contributed by atoms with van der Waals surface area (Å²) in [6, 6.07) is 3.99. The van der Waals surface area contributed by atoms with Crippen molar-refractivity contribution in [3.63, 3.8) is 0 Å². The Morgan fingerprint density at radius 2 is 2.14 bits per heavy atom. The molecule has 28 heavy (non-hydrogen) atoms. The maximum Gasteiger partial charge on any atom is 0.259 e. The predicted molar refractivity (Wildman–Crippen MR) is 104 cm³/mol. The molecule has 3 atom stereocenters. The summed E-state index contributed by atoms with van der Waals surface area (Å²) in [4.78, 5) is 23.6. The van der Waals surface area contributed by atoms with Crippen molar-refractivity contribution < 1.29 is 23.8 Å². The van der Waals surface area contributed by atoms with Crippen molar-refractivity contribution in [1.29, 1.82) is 0 Å². The van der Waals surface area contributed by atoms with Crippen LogP contribution < -0.4 is 20.7 Å². The lowest BCUT2D eigenvalue weighted by molar-refractivity contribution is -0.127. The van der Waals surface area contributed by atoms with E-state index in [-0.39, 0.29) is 40.9 Å². The standard InChI is InChI=1S/C18H24Cl2FN3O4/c19-11-1-2-12(22-8-11)9-23-16(25)5-6-17(26)24-18(27)10-28-13-3-4-14(20)15(21)7-13/h3-4,7,11-12,17,22,26H,1-2,5-6,8-10H2,(H,23,25)(H,24,27)/t11?,12?,17-/m0/s1. The summed E-state index contributed by atoms with van der Waals surface area (Å²) in [6.45, 7) is 0.813. The summed E-state index contributed by atoms with van der Waals surface area (Å²) in [5, 5.41) is 18.3. The molecule has 7 nitrogen and oxygen atoms in total. The SMILES string of the molecule is O=C(CC[C@H](O)NC(=O)COc1ccc(Cl)c(F)c1)NCC1CCC(Cl)CN1. The summed E-state index contributed by atoms with van der Waals surface area (Å²) in [7, 11) is 0. The smallest absolute Gasteiger partial charge is 0.259 e. The third-order valence-corrected chi connectivity index (χ3v) is 4.91. The third kappa shape index (κ3) is 8.18. The Bertz CT molecular complexity index is 672. The number of aliphatic hydroxyl groups excluding tert-OH is 1. The molecule has 0 radical (unpaired) electrons. The van der Waals surface area contributed by atoms with E-state index in [0.29, 0.717) is 6.54 Å². The Balaban J connectivity index is 1.59. The van der Waals surface area contributed by atoms with Gasteiger partial charge in [-0.15, -0.1) is 11.6 Å². The number of nitrogens with one attached hydrogen (secondary N) is 3. The van der Waals surface area contributed by atoms with Crippen molar-refractivity contribution >= 4 is 35.0 Å². The summed E-state index contributed by atoms with van der Waals surface area (Å²) in [5.41, 5.74) is 0. The Hall–Kier alpha value is -1.61. The van der Waals surface area contributed by atoms with Gasteiger partial charge >= 0.3 is 0 Å². The number of amides is 2. The number of hydrogen-bond acceptors (Lipinski definition) is 5. The van der Waals surface area contributed by atoms with Crippen molar-refractivity contribution in [2.45, 2.75) is 43.3 Å². The number of alkyl halides is 1. The first kappa shape index (κ1) is 22.7. The fourth-order valence-electron chi connectivity index (χ4n) is 2.66. The zero-order chi connectivity index (χ0) is 20.5. The molecule has 1 aromatic carbocycles. The lowest BCUT2D eigenvalue weighted by atomic mass is 10.0. The van der Waals surface area contributed by atoms with Crippen molar-refractivity contribution in [2.75, 3.05) is 19.7 Å². The van der Waals surface area contributed by atoms with Crippen LogP contribution in [0.3, 0.4) is 0 Å². The molecule has 2 unspecified atom stereocenters. The number of ether oxygens (including phenoxy) is 1. The molecule has 1 saturated heterocycles. The first-order chi connectivity index (χ1) is 13.3. The Kier molecular flexibility index (Phi) is 9.24. The number of carbonyl (C=O) groups is 2. The molecule has 4 N–H and O–H groups in total. The molecule has 2 rings (SSSR count). The van der Waals surface area contributed by atoms with Gasteiger partial charge in [0.1, 0.15) is 17.8 Å². The summed E-state index contributed by atoms with van der Waals surface area (Å²) in [5.74, 6) is -1.32. The van der Waals surface area contributed by atoms with Crippen LogP contribution in [0, 0.1) is 5.82 Å². The van der Waals surface area contributed by atoms with E-state index in [0.717, 1.165) is 25.5 Å². The molecule has 10 heteroatoms. The summed E-state index contributed by atoms with van der Waals surface area (Å²) in [6.07, 6.45) is 0.744. The van der Waals surface area contributed by atoms with E-state index < -0.39 is 24.6 Å². The van der Waals surface area contributed by atoms with Crippen LogP contribution in [0.5, 0.6) is 5.75 Å². The molecule has 1 aliphatic rings.